The maximum atomic E-state index is 8.92. The summed E-state index contributed by atoms with van der Waals surface area (Å²) in [6, 6.07) is 5.91. The van der Waals surface area contributed by atoms with E-state index in [1.54, 1.807) is 11.3 Å². The number of aromatic nitrogens is 1. The van der Waals surface area contributed by atoms with Crippen molar-refractivity contribution in [3.05, 3.63) is 44.9 Å². The van der Waals surface area contributed by atoms with E-state index in [0.29, 0.717) is 12.2 Å². The van der Waals surface area contributed by atoms with Crippen molar-refractivity contribution >= 4 is 11.3 Å². The summed E-state index contributed by atoms with van der Waals surface area (Å²) in [4.78, 5) is 5.55. The van der Waals surface area contributed by atoms with Gasteiger partial charge in [-0.25, -0.2) is 4.98 Å². The second-order valence-electron chi connectivity index (χ2n) is 4.85. The third kappa shape index (κ3) is 3.58. The molecule has 0 saturated carbocycles. The topological polar surface area (TPSA) is 45.9 Å². The molecule has 0 saturated heterocycles. The van der Waals surface area contributed by atoms with Crippen LogP contribution in [0.4, 0.5) is 0 Å². The maximum absolute atomic E-state index is 8.92. The molecule has 2 aromatic rings. The monoisotopic (exact) mass is 286 g/mol. The molecule has 1 aromatic carbocycles. The summed E-state index contributed by atoms with van der Waals surface area (Å²) in [6.45, 7) is 6.67. The van der Waals surface area contributed by atoms with E-state index in [9.17, 15) is 0 Å². The first-order chi connectivity index (χ1) is 9.60. The molecule has 3 nitrogen and oxygen atoms in total. The van der Waals surface area contributed by atoms with E-state index in [1.807, 2.05) is 39.1 Å². The van der Waals surface area contributed by atoms with E-state index in [0.717, 1.165) is 34.7 Å². The summed E-state index contributed by atoms with van der Waals surface area (Å²) < 4.78 is 5.87. The lowest BCUT2D eigenvalue weighted by atomic mass is 10.1. The van der Waals surface area contributed by atoms with Crippen LogP contribution in [0.25, 0.3) is 0 Å². The molecule has 4 heteroatoms. The number of benzene rings is 1. The lowest BCUT2D eigenvalue weighted by molar-refractivity contribution is 0.307. The third-order valence-corrected chi connectivity index (χ3v) is 4.05. The van der Waals surface area contributed by atoms with Crippen LogP contribution >= 0.6 is 11.3 Å². The van der Waals surface area contributed by atoms with E-state index in [-0.39, 0.29) is 0 Å². The molecule has 0 N–H and O–H groups in total. The molecule has 0 amide bonds. The van der Waals surface area contributed by atoms with Gasteiger partial charge in [0.1, 0.15) is 5.75 Å². The molecule has 0 bridgehead atoms. The second kappa shape index (κ2) is 6.53. The standard InChI is InChI=1S/C16H18N2OS/c1-11-7-14(9-17)8-12(2)16(11)19-6-4-5-15-10-18-13(3)20-15/h7-8,10H,4-6H2,1-3H3. The maximum Gasteiger partial charge on any atom is 0.125 e. The number of ether oxygens (including phenoxy) is 1. The van der Waals surface area contributed by atoms with Gasteiger partial charge in [-0.05, 0) is 56.9 Å². The highest BCUT2D eigenvalue weighted by molar-refractivity contribution is 7.11. The van der Waals surface area contributed by atoms with Gasteiger partial charge >= 0.3 is 0 Å². The molecule has 0 spiro atoms. The van der Waals surface area contributed by atoms with E-state index >= 15 is 0 Å². The van der Waals surface area contributed by atoms with Gasteiger partial charge in [0, 0.05) is 11.1 Å². The second-order valence-corrected chi connectivity index (χ2v) is 6.17. The van der Waals surface area contributed by atoms with Gasteiger partial charge in [0.05, 0.1) is 23.2 Å². The molecule has 1 heterocycles. The van der Waals surface area contributed by atoms with Gasteiger partial charge in [-0.15, -0.1) is 11.3 Å². The predicted octanol–water partition coefficient (Wildman–Crippen LogP) is 3.95. The van der Waals surface area contributed by atoms with Gasteiger partial charge in [-0.2, -0.15) is 5.26 Å². The number of hydrogen-bond acceptors (Lipinski definition) is 4. The van der Waals surface area contributed by atoms with Crippen LogP contribution in [0.15, 0.2) is 18.3 Å². The van der Waals surface area contributed by atoms with Crippen LogP contribution in [0, 0.1) is 32.1 Å². The zero-order valence-corrected chi connectivity index (χ0v) is 12.9. The predicted molar refractivity (Wildman–Crippen MR) is 81.3 cm³/mol. The average molecular weight is 286 g/mol. The average Bonchev–Trinajstić information content (AvgIpc) is 2.82. The van der Waals surface area contributed by atoms with Gasteiger partial charge in [-0.3, -0.25) is 0 Å². The van der Waals surface area contributed by atoms with Gasteiger partial charge in [0.15, 0.2) is 0 Å². The third-order valence-electron chi connectivity index (χ3n) is 3.07. The highest BCUT2D eigenvalue weighted by Gasteiger charge is 2.06. The normalized spacial score (nSPS) is 10.3. The van der Waals surface area contributed by atoms with Crippen LogP contribution in [-0.4, -0.2) is 11.6 Å². The number of aryl methyl sites for hydroxylation is 4. The van der Waals surface area contributed by atoms with E-state index < -0.39 is 0 Å². The fourth-order valence-corrected chi connectivity index (χ4v) is 3.02. The van der Waals surface area contributed by atoms with Crippen LogP contribution < -0.4 is 4.74 Å². The highest BCUT2D eigenvalue weighted by Crippen LogP contribution is 2.25. The smallest absolute Gasteiger partial charge is 0.125 e. The van der Waals surface area contributed by atoms with Crippen molar-refractivity contribution < 1.29 is 4.74 Å². The minimum absolute atomic E-state index is 0.685. The molecule has 0 fully saturated rings. The Hall–Kier alpha value is -1.86. The summed E-state index contributed by atoms with van der Waals surface area (Å²) in [5.74, 6) is 0.907. The van der Waals surface area contributed by atoms with Crippen LogP contribution in [0.5, 0.6) is 5.75 Å². The Kier molecular flexibility index (Phi) is 4.75. The molecular weight excluding hydrogens is 268 g/mol. The summed E-state index contributed by atoms with van der Waals surface area (Å²) in [6.07, 6.45) is 3.92. The molecule has 1 aromatic heterocycles. The van der Waals surface area contributed by atoms with Gasteiger partial charge in [-0.1, -0.05) is 0 Å². The fourth-order valence-electron chi connectivity index (χ4n) is 2.18. The van der Waals surface area contributed by atoms with Crippen LogP contribution in [-0.2, 0) is 6.42 Å². The minimum Gasteiger partial charge on any atom is -0.493 e. The molecule has 0 atom stereocenters. The molecule has 104 valence electrons. The van der Waals surface area contributed by atoms with Gasteiger partial charge in [0.25, 0.3) is 0 Å². The van der Waals surface area contributed by atoms with Crippen molar-refractivity contribution in [1.29, 1.82) is 5.26 Å². The Morgan fingerprint density at radius 2 is 1.95 bits per heavy atom. The molecule has 2 rings (SSSR count). The van der Waals surface area contributed by atoms with E-state index in [1.165, 1.54) is 4.88 Å². The Morgan fingerprint density at radius 1 is 1.25 bits per heavy atom. The lowest BCUT2D eigenvalue weighted by Gasteiger charge is -2.12. The fraction of sp³-hybridized carbons (Fsp3) is 0.375. The number of rotatable bonds is 5. The van der Waals surface area contributed by atoms with Crippen molar-refractivity contribution in [2.75, 3.05) is 6.61 Å². The van der Waals surface area contributed by atoms with Crippen LogP contribution in [0.3, 0.4) is 0 Å². The Labute approximate surface area is 123 Å². The first-order valence-electron chi connectivity index (χ1n) is 6.65. The van der Waals surface area contributed by atoms with Crippen molar-refractivity contribution in [3.63, 3.8) is 0 Å². The van der Waals surface area contributed by atoms with Crippen molar-refractivity contribution in [2.24, 2.45) is 0 Å². The number of nitriles is 1. The molecule has 0 aliphatic heterocycles. The highest BCUT2D eigenvalue weighted by atomic mass is 32.1. The van der Waals surface area contributed by atoms with Crippen molar-refractivity contribution in [3.8, 4) is 11.8 Å². The molecule has 20 heavy (non-hydrogen) atoms. The molecule has 0 aliphatic carbocycles. The first-order valence-corrected chi connectivity index (χ1v) is 7.47. The van der Waals surface area contributed by atoms with Crippen molar-refractivity contribution in [2.45, 2.75) is 33.6 Å². The van der Waals surface area contributed by atoms with Crippen LogP contribution in [0.2, 0.25) is 0 Å². The molecule has 0 radical (unpaired) electrons. The van der Waals surface area contributed by atoms with E-state index in [4.69, 9.17) is 10.00 Å². The zero-order valence-electron chi connectivity index (χ0n) is 12.1. The van der Waals surface area contributed by atoms with Crippen LogP contribution in [0.1, 0.15) is 33.0 Å². The number of nitrogens with zero attached hydrogens (tertiary/aromatic N) is 2. The van der Waals surface area contributed by atoms with Crippen molar-refractivity contribution in [1.82, 2.24) is 4.98 Å². The summed E-state index contributed by atoms with van der Waals surface area (Å²) in [5.41, 5.74) is 2.73. The summed E-state index contributed by atoms with van der Waals surface area (Å²) in [7, 11) is 0. The quantitative estimate of drug-likeness (QED) is 0.782. The number of hydrogen-bond donors (Lipinski definition) is 0. The Bertz CT molecular complexity index is 617. The lowest BCUT2D eigenvalue weighted by Crippen LogP contribution is -2.02. The largest absolute Gasteiger partial charge is 0.493 e. The molecule has 0 unspecified atom stereocenters. The van der Waals surface area contributed by atoms with E-state index in [2.05, 4.69) is 11.1 Å². The number of thiazole rings is 1. The zero-order chi connectivity index (χ0) is 14.5. The minimum atomic E-state index is 0.685. The SMILES string of the molecule is Cc1ncc(CCCOc2c(C)cc(C#N)cc2C)s1. The summed E-state index contributed by atoms with van der Waals surface area (Å²) in [5, 5.41) is 10.0. The van der Waals surface area contributed by atoms with Gasteiger partial charge < -0.3 is 4.74 Å². The Morgan fingerprint density at radius 3 is 2.50 bits per heavy atom. The first kappa shape index (κ1) is 14.5. The molecular formula is C16H18N2OS. The Balaban J connectivity index is 1.90. The van der Waals surface area contributed by atoms with Gasteiger partial charge in [0.2, 0.25) is 0 Å². The molecule has 0 aliphatic rings. The summed E-state index contributed by atoms with van der Waals surface area (Å²) >= 11 is 1.74.